The average Bonchev–Trinajstić information content (AvgIpc) is 2.37. The molecule has 1 amide bonds. The Morgan fingerprint density at radius 1 is 1.67 bits per heavy atom. The number of rotatable bonds is 2. The highest BCUT2D eigenvalue weighted by atomic mass is 19.1. The van der Waals surface area contributed by atoms with E-state index in [0.717, 1.165) is 19.5 Å². The quantitative estimate of drug-likeness (QED) is 0.628. The van der Waals surface area contributed by atoms with Gasteiger partial charge in [-0.25, -0.2) is 4.39 Å². The van der Waals surface area contributed by atoms with E-state index in [4.69, 9.17) is 0 Å². The Bertz CT molecular complexity index is 170. The van der Waals surface area contributed by atoms with E-state index in [-0.39, 0.29) is 6.04 Å². The van der Waals surface area contributed by atoms with Crippen molar-refractivity contribution in [2.75, 3.05) is 13.1 Å². The number of amides is 1. The molecule has 3 nitrogen and oxygen atoms in total. The summed E-state index contributed by atoms with van der Waals surface area (Å²) in [4.78, 5) is 11.1. The van der Waals surface area contributed by atoms with Gasteiger partial charge in [-0.05, 0) is 26.8 Å². The highest BCUT2D eigenvalue weighted by Gasteiger charge is 2.29. The Labute approximate surface area is 71.7 Å². The fraction of sp³-hybridized carbons (Fsp3) is 0.875. The lowest BCUT2D eigenvalue weighted by molar-refractivity contribution is -0.131. The summed E-state index contributed by atoms with van der Waals surface area (Å²) in [5, 5.41) is 5.73. The smallest absolute Gasteiger partial charge is 0.257 e. The van der Waals surface area contributed by atoms with Crippen LogP contribution in [0.15, 0.2) is 0 Å². The van der Waals surface area contributed by atoms with Crippen molar-refractivity contribution in [3.05, 3.63) is 0 Å². The third-order valence-corrected chi connectivity index (χ3v) is 1.94. The number of alkyl halides is 1. The number of nitrogens with one attached hydrogen (secondary N) is 2. The first-order valence-corrected chi connectivity index (χ1v) is 4.21. The van der Waals surface area contributed by atoms with Crippen molar-refractivity contribution in [3.8, 4) is 0 Å². The molecule has 1 rings (SSSR count). The first-order valence-electron chi connectivity index (χ1n) is 4.21. The fourth-order valence-corrected chi connectivity index (χ4v) is 1.13. The van der Waals surface area contributed by atoms with Crippen molar-refractivity contribution in [1.82, 2.24) is 10.6 Å². The molecular formula is C8H15FN2O. The first-order chi connectivity index (χ1) is 5.50. The van der Waals surface area contributed by atoms with Gasteiger partial charge < -0.3 is 10.6 Å². The molecule has 1 saturated heterocycles. The van der Waals surface area contributed by atoms with E-state index >= 15 is 0 Å². The molecular weight excluding hydrogens is 159 g/mol. The number of hydrogen-bond donors (Lipinski definition) is 2. The van der Waals surface area contributed by atoms with E-state index < -0.39 is 11.6 Å². The summed E-state index contributed by atoms with van der Waals surface area (Å²) in [7, 11) is 0. The SMILES string of the molecule is CC(C)(F)C(=O)N[C@H]1CCNC1. The van der Waals surface area contributed by atoms with Gasteiger partial charge in [0.05, 0.1) is 0 Å². The van der Waals surface area contributed by atoms with E-state index in [9.17, 15) is 9.18 Å². The Morgan fingerprint density at radius 2 is 2.33 bits per heavy atom. The molecule has 0 unspecified atom stereocenters. The van der Waals surface area contributed by atoms with Crippen LogP contribution in [0.5, 0.6) is 0 Å². The Kier molecular flexibility index (Phi) is 2.67. The molecule has 4 heteroatoms. The zero-order chi connectivity index (χ0) is 9.19. The normalized spacial score (nSPS) is 24.1. The Morgan fingerprint density at radius 3 is 2.75 bits per heavy atom. The van der Waals surface area contributed by atoms with Crippen LogP contribution in [0, 0.1) is 0 Å². The lowest BCUT2D eigenvalue weighted by Crippen LogP contribution is -2.45. The number of carbonyl (C=O) groups excluding carboxylic acids is 1. The predicted octanol–water partition coefficient (Wildman–Crippen LogP) is 0.213. The molecule has 0 aliphatic carbocycles. The fourth-order valence-electron chi connectivity index (χ4n) is 1.13. The first kappa shape index (κ1) is 9.45. The molecule has 0 saturated carbocycles. The summed E-state index contributed by atoms with van der Waals surface area (Å²) in [6, 6.07) is 0.104. The molecule has 1 aliphatic heterocycles. The second-order valence-corrected chi connectivity index (χ2v) is 3.64. The van der Waals surface area contributed by atoms with Crippen LogP contribution < -0.4 is 10.6 Å². The standard InChI is InChI=1S/C8H15FN2O/c1-8(2,9)7(12)11-6-3-4-10-5-6/h6,10H,3-5H2,1-2H3,(H,11,12)/t6-/m0/s1. The molecule has 0 aromatic heterocycles. The molecule has 70 valence electrons. The number of carbonyl (C=O) groups is 1. The molecule has 0 bridgehead atoms. The maximum atomic E-state index is 13.0. The van der Waals surface area contributed by atoms with Gasteiger partial charge in [0.15, 0.2) is 5.67 Å². The summed E-state index contributed by atoms with van der Waals surface area (Å²) in [5.74, 6) is -0.517. The second-order valence-electron chi connectivity index (χ2n) is 3.64. The summed E-state index contributed by atoms with van der Waals surface area (Å²) in [5.41, 5.74) is -1.76. The van der Waals surface area contributed by atoms with E-state index in [0.29, 0.717) is 0 Å². The molecule has 12 heavy (non-hydrogen) atoms. The Hall–Kier alpha value is -0.640. The molecule has 1 atom stereocenters. The zero-order valence-electron chi connectivity index (χ0n) is 7.48. The van der Waals surface area contributed by atoms with E-state index in [1.165, 1.54) is 13.8 Å². The minimum atomic E-state index is -1.76. The minimum Gasteiger partial charge on any atom is -0.349 e. The molecule has 0 aromatic rings. The lowest BCUT2D eigenvalue weighted by Gasteiger charge is -2.17. The van der Waals surface area contributed by atoms with Gasteiger partial charge in [-0.2, -0.15) is 0 Å². The van der Waals surface area contributed by atoms with E-state index in [1.807, 2.05) is 0 Å². The molecule has 0 radical (unpaired) electrons. The van der Waals surface area contributed by atoms with Gasteiger partial charge >= 0.3 is 0 Å². The van der Waals surface area contributed by atoms with Crippen LogP contribution in [0.2, 0.25) is 0 Å². The van der Waals surface area contributed by atoms with Gasteiger partial charge in [0.2, 0.25) is 0 Å². The third kappa shape index (κ3) is 2.44. The van der Waals surface area contributed by atoms with E-state index in [2.05, 4.69) is 10.6 Å². The number of halogens is 1. The highest BCUT2D eigenvalue weighted by Crippen LogP contribution is 2.09. The zero-order valence-corrected chi connectivity index (χ0v) is 7.48. The number of hydrogen-bond acceptors (Lipinski definition) is 2. The maximum Gasteiger partial charge on any atom is 0.257 e. The van der Waals surface area contributed by atoms with Crippen molar-refractivity contribution in [2.45, 2.75) is 32.0 Å². The van der Waals surface area contributed by atoms with Crippen molar-refractivity contribution in [1.29, 1.82) is 0 Å². The summed E-state index contributed by atoms with van der Waals surface area (Å²) in [6.07, 6.45) is 0.891. The van der Waals surface area contributed by atoms with Crippen LogP contribution >= 0.6 is 0 Å². The van der Waals surface area contributed by atoms with Crippen molar-refractivity contribution in [2.24, 2.45) is 0 Å². The van der Waals surface area contributed by atoms with Crippen LogP contribution in [0.25, 0.3) is 0 Å². The van der Waals surface area contributed by atoms with Gasteiger partial charge in [-0.15, -0.1) is 0 Å². The van der Waals surface area contributed by atoms with E-state index in [1.54, 1.807) is 0 Å². The van der Waals surface area contributed by atoms with Crippen LogP contribution in [0.4, 0.5) is 4.39 Å². The molecule has 1 fully saturated rings. The molecule has 0 spiro atoms. The van der Waals surface area contributed by atoms with Crippen LogP contribution in [-0.4, -0.2) is 30.7 Å². The third-order valence-electron chi connectivity index (χ3n) is 1.94. The van der Waals surface area contributed by atoms with Gasteiger partial charge in [0.1, 0.15) is 0 Å². The minimum absolute atomic E-state index is 0.104. The largest absolute Gasteiger partial charge is 0.349 e. The average molecular weight is 174 g/mol. The maximum absolute atomic E-state index is 13.0. The van der Waals surface area contributed by atoms with Gasteiger partial charge in [0, 0.05) is 12.6 Å². The van der Waals surface area contributed by atoms with Crippen molar-refractivity contribution < 1.29 is 9.18 Å². The highest BCUT2D eigenvalue weighted by molar-refractivity contribution is 5.84. The monoisotopic (exact) mass is 174 g/mol. The summed E-state index contributed by atoms with van der Waals surface area (Å²) < 4.78 is 13.0. The van der Waals surface area contributed by atoms with Gasteiger partial charge in [-0.1, -0.05) is 0 Å². The summed E-state index contributed by atoms with van der Waals surface area (Å²) >= 11 is 0. The van der Waals surface area contributed by atoms with Crippen molar-refractivity contribution >= 4 is 5.91 Å². The van der Waals surface area contributed by atoms with Gasteiger partial charge in [0.25, 0.3) is 5.91 Å². The molecule has 1 heterocycles. The molecule has 1 aliphatic rings. The predicted molar refractivity (Wildman–Crippen MR) is 44.6 cm³/mol. The molecule has 2 N–H and O–H groups in total. The van der Waals surface area contributed by atoms with Crippen LogP contribution in [-0.2, 0) is 4.79 Å². The lowest BCUT2D eigenvalue weighted by atomic mass is 10.1. The molecule has 0 aromatic carbocycles. The van der Waals surface area contributed by atoms with Gasteiger partial charge in [-0.3, -0.25) is 4.79 Å². The Balaban J connectivity index is 2.35. The topological polar surface area (TPSA) is 41.1 Å². The second kappa shape index (κ2) is 3.39. The van der Waals surface area contributed by atoms with Crippen LogP contribution in [0.1, 0.15) is 20.3 Å². The van der Waals surface area contributed by atoms with Crippen LogP contribution in [0.3, 0.4) is 0 Å². The summed E-state index contributed by atoms with van der Waals surface area (Å²) in [6.45, 7) is 4.19. The van der Waals surface area contributed by atoms with Crippen molar-refractivity contribution in [3.63, 3.8) is 0 Å².